The van der Waals surface area contributed by atoms with E-state index < -0.39 is 0 Å². The van der Waals surface area contributed by atoms with Crippen molar-refractivity contribution in [1.29, 1.82) is 0 Å². The summed E-state index contributed by atoms with van der Waals surface area (Å²) in [6, 6.07) is 15.5. The van der Waals surface area contributed by atoms with Crippen molar-refractivity contribution < 1.29 is 4.79 Å². The first-order valence-electron chi connectivity index (χ1n) is 7.69. The Morgan fingerprint density at radius 3 is 2.38 bits per heavy atom. The van der Waals surface area contributed by atoms with Gasteiger partial charge >= 0.3 is 0 Å². The summed E-state index contributed by atoms with van der Waals surface area (Å²) >= 11 is 6.00. The average Bonchev–Trinajstić information content (AvgIpc) is 2.50. The Bertz CT molecular complexity index is 708. The lowest BCUT2D eigenvalue weighted by molar-refractivity contribution is -0.136. The highest BCUT2D eigenvalue weighted by atomic mass is 35.5. The van der Waals surface area contributed by atoms with Crippen LogP contribution in [0, 0.1) is 0 Å². The summed E-state index contributed by atoms with van der Waals surface area (Å²) in [5.74, 6) is 0.153. The van der Waals surface area contributed by atoms with Crippen molar-refractivity contribution in [3.8, 4) is 0 Å². The van der Waals surface area contributed by atoms with Gasteiger partial charge in [-0.05, 0) is 35.4 Å². The van der Waals surface area contributed by atoms with Crippen LogP contribution in [0.15, 0.2) is 48.5 Å². The number of benzene rings is 2. The Morgan fingerprint density at radius 1 is 1.00 bits per heavy atom. The fraction of sp³-hybridized carbons (Fsp3) is 0.278. The van der Waals surface area contributed by atoms with Crippen molar-refractivity contribution in [2.45, 2.75) is 13.1 Å². The summed E-state index contributed by atoms with van der Waals surface area (Å²) in [4.78, 5) is 16.4. The zero-order valence-corrected chi connectivity index (χ0v) is 14.9. The zero-order chi connectivity index (χ0) is 16.2. The largest absolute Gasteiger partial charge is 0.399 e. The predicted molar refractivity (Wildman–Crippen MR) is 100 cm³/mol. The molecule has 1 saturated heterocycles. The molecule has 1 fully saturated rings. The molecule has 0 radical (unpaired) electrons. The maximum atomic E-state index is 12.4. The Hall–Kier alpha value is -1.75. The number of piperazine rings is 1. The van der Waals surface area contributed by atoms with Gasteiger partial charge in [-0.15, -0.1) is 12.4 Å². The summed E-state index contributed by atoms with van der Waals surface area (Å²) in [6.07, 6.45) is 0. The van der Waals surface area contributed by atoms with Crippen LogP contribution >= 0.6 is 24.0 Å². The van der Waals surface area contributed by atoms with Crippen LogP contribution in [-0.2, 0) is 17.9 Å². The Labute approximate surface area is 153 Å². The minimum absolute atomic E-state index is 0. The lowest BCUT2D eigenvalue weighted by Gasteiger charge is -2.34. The molecule has 1 amide bonds. The Morgan fingerprint density at radius 2 is 1.71 bits per heavy atom. The molecular weight excluding hydrogens is 345 g/mol. The van der Waals surface area contributed by atoms with Crippen LogP contribution in [0.2, 0.25) is 5.02 Å². The number of amides is 1. The normalized spacial score (nSPS) is 15.2. The average molecular weight is 366 g/mol. The first-order chi connectivity index (χ1) is 11.1. The molecule has 1 aliphatic heterocycles. The third-order valence-corrected chi connectivity index (χ3v) is 4.25. The van der Waals surface area contributed by atoms with E-state index >= 15 is 0 Å². The highest BCUT2D eigenvalue weighted by Gasteiger charge is 2.23. The lowest BCUT2D eigenvalue weighted by atomic mass is 10.1. The minimum Gasteiger partial charge on any atom is -0.399 e. The molecule has 1 heterocycles. The molecule has 24 heavy (non-hydrogen) atoms. The van der Waals surface area contributed by atoms with Crippen LogP contribution in [0.25, 0.3) is 0 Å². The highest BCUT2D eigenvalue weighted by molar-refractivity contribution is 6.30. The molecule has 6 heteroatoms. The second kappa shape index (κ2) is 8.38. The number of anilines is 1. The first kappa shape index (κ1) is 18.6. The number of carbonyl (C=O) groups is 1. The van der Waals surface area contributed by atoms with E-state index in [1.165, 1.54) is 0 Å². The molecule has 2 aromatic carbocycles. The van der Waals surface area contributed by atoms with E-state index in [2.05, 4.69) is 4.90 Å². The zero-order valence-electron chi connectivity index (χ0n) is 13.3. The topological polar surface area (TPSA) is 49.6 Å². The maximum Gasteiger partial charge on any atom is 0.237 e. The summed E-state index contributed by atoms with van der Waals surface area (Å²) in [6.45, 7) is 3.40. The quantitative estimate of drug-likeness (QED) is 0.846. The van der Waals surface area contributed by atoms with E-state index in [4.69, 9.17) is 17.3 Å². The summed E-state index contributed by atoms with van der Waals surface area (Å²) in [5.41, 5.74) is 8.77. The number of rotatable bonds is 4. The van der Waals surface area contributed by atoms with Gasteiger partial charge in [0.25, 0.3) is 0 Å². The van der Waals surface area contributed by atoms with Gasteiger partial charge in [-0.1, -0.05) is 35.9 Å². The van der Waals surface area contributed by atoms with Crippen LogP contribution in [0.1, 0.15) is 11.1 Å². The number of halogens is 2. The van der Waals surface area contributed by atoms with Gasteiger partial charge in [-0.2, -0.15) is 0 Å². The monoisotopic (exact) mass is 365 g/mol. The van der Waals surface area contributed by atoms with Gasteiger partial charge in [0.2, 0.25) is 5.91 Å². The molecule has 3 rings (SSSR count). The Kier molecular flexibility index (Phi) is 6.49. The maximum absolute atomic E-state index is 12.4. The molecule has 0 spiro atoms. The van der Waals surface area contributed by atoms with Crippen molar-refractivity contribution in [3.05, 3.63) is 64.7 Å². The van der Waals surface area contributed by atoms with Gasteiger partial charge in [-0.3, -0.25) is 9.69 Å². The van der Waals surface area contributed by atoms with Gasteiger partial charge in [0, 0.05) is 36.9 Å². The number of hydrogen-bond acceptors (Lipinski definition) is 3. The molecule has 2 N–H and O–H groups in total. The molecule has 0 unspecified atom stereocenters. The SMILES string of the molecule is Cl.Nc1cccc(CN2CCN(Cc3cccc(Cl)c3)C(=O)C2)c1. The van der Waals surface area contributed by atoms with Gasteiger partial charge in [0.15, 0.2) is 0 Å². The van der Waals surface area contributed by atoms with Crippen molar-refractivity contribution in [1.82, 2.24) is 9.80 Å². The third kappa shape index (κ3) is 4.87. The molecule has 2 aromatic rings. The van der Waals surface area contributed by atoms with E-state index in [0.717, 1.165) is 36.4 Å². The molecule has 128 valence electrons. The van der Waals surface area contributed by atoms with E-state index in [9.17, 15) is 4.79 Å². The van der Waals surface area contributed by atoms with Gasteiger partial charge in [-0.25, -0.2) is 0 Å². The van der Waals surface area contributed by atoms with Crippen molar-refractivity contribution in [3.63, 3.8) is 0 Å². The van der Waals surface area contributed by atoms with Crippen LogP contribution in [0.5, 0.6) is 0 Å². The van der Waals surface area contributed by atoms with E-state index in [-0.39, 0.29) is 18.3 Å². The van der Waals surface area contributed by atoms with E-state index in [1.807, 2.05) is 53.4 Å². The molecule has 0 atom stereocenters. The molecule has 0 bridgehead atoms. The third-order valence-electron chi connectivity index (χ3n) is 4.02. The number of nitrogens with zero attached hydrogens (tertiary/aromatic N) is 2. The van der Waals surface area contributed by atoms with Crippen LogP contribution in [0.3, 0.4) is 0 Å². The standard InChI is InChI=1S/C18H20ClN3O.ClH/c19-16-5-1-3-14(9-16)12-22-8-7-21(13-18(22)23)11-15-4-2-6-17(20)10-15;/h1-6,9-10H,7-8,11-13,20H2;1H. The highest BCUT2D eigenvalue weighted by Crippen LogP contribution is 2.16. The summed E-state index contributed by atoms with van der Waals surface area (Å²) in [7, 11) is 0. The van der Waals surface area contributed by atoms with Crippen molar-refractivity contribution in [2.24, 2.45) is 0 Å². The van der Waals surface area contributed by atoms with Gasteiger partial charge in [0.1, 0.15) is 0 Å². The number of nitrogens with two attached hydrogens (primary N) is 1. The summed E-state index contributed by atoms with van der Waals surface area (Å²) in [5, 5.41) is 0.704. The molecule has 0 saturated carbocycles. The number of carbonyl (C=O) groups excluding carboxylic acids is 1. The minimum atomic E-state index is 0. The molecule has 0 aromatic heterocycles. The molecular formula is C18H21Cl2N3O. The van der Waals surface area contributed by atoms with Crippen molar-refractivity contribution in [2.75, 3.05) is 25.4 Å². The second-order valence-electron chi connectivity index (χ2n) is 5.90. The first-order valence-corrected chi connectivity index (χ1v) is 8.07. The molecule has 0 aliphatic carbocycles. The summed E-state index contributed by atoms with van der Waals surface area (Å²) < 4.78 is 0. The van der Waals surface area contributed by atoms with E-state index in [1.54, 1.807) is 0 Å². The smallest absolute Gasteiger partial charge is 0.237 e. The fourth-order valence-corrected chi connectivity index (χ4v) is 3.08. The number of hydrogen-bond donors (Lipinski definition) is 1. The Balaban J connectivity index is 0.00000208. The van der Waals surface area contributed by atoms with Crippen LogP contribution in [-0.4, -0.2) is 35.3 Å². The predicted octanol–water partition coefficient (Wildman–Crippen LogP) is 3.19. The van der Waals surface area contributed by atoms with Gasteiger partial charge in [0.05, 0.1) is 6.54 Å². The van der Waals surface area contributed by atoms with Crippen LogP contribution in [0.4, 0.5) is 5.69 Å². The second-order valence-corrected chi connectivity index (χ2v) is 6.34. The van der Waals surface area contributed by atoms with Crippen LogP contribution < -0.4 is 5.73 Å². The number of nitrogen functional groups attached to an aromatic ring is 1. The van der Waals surface area contributed by atoms with Crippen molar-refractivity contribution >= 4 is 35.6 Å². The lowest BCUT2D eigenvalue weighted by Crippen LogP contribution is -2.49. The van der Waals surface area contributed by atoms with Gasteiger partial charge < -0.3 is 10.6 Å². The molecule has 4 nitrogen and oxygen atoms in total. The van der Waals surface area contributed by atoms with E-state index in [0.29, 0.717) is 18.1 Å². The molecule has 1 aliphatic rings. The fourth-order valence-electron chi connectivity index (χ4n) is 2.86.